The molecule has 12 nitrogen and oxygen atoms in total. The number of Topliss-reactive ketones (excluding diaryl/α,β-unsaturated/α-hetero) is 1. The highest BCUT2D eigenvalue weighted by Gasteiger charge is 2.02. The van der Waals surface area contributed by atoms with Crippen LogP contribution in [0, 0.1) is 0 Å². The standard InChI is InChI=1S/C23H43N3O9/c1-3-28-8-9-31-14-17-34-18-19-35-21-23-20-26(25-24-23)5-7-30-11-13-33-16-15-32-12-10-29-6-4-22(2)27/h20H,3-19,21H2,1-2H3. The molecule has 0 aliphatic heterocycles. The van der Waals surface area contributed by atoms with E-state index in [9.17, 15) is 4.79 Å². The van der Waals surface area contributed by atoms with E-state index < -0.39 is 0 Å². The molecule has 0 amide bonds. The molecule has 0 N–H and O–H groups in total. The lowest BCUT2D eigenvalue weighted by atomic mass is 10.3. The van der Waals surface area contributed by atoms with E-state index >= 15 is 0 Å². The van der Waals surface area contributed by atoms with Crippen molar-refractivity contribution in [2.75, 3.05) is 99.1 Å². The van der Waals surface area contributed by atoms with Gasteiger partial charge in [0.15, 0.2) is 0 Å². The molecule has 1 rings (SSSR count). The molecule has 12 heteroatoms. The third-order valence-corrected chi connectivity index (χ3v) is 4.34. The molecule has 0 saturated carbocycles. The zero-order chi connectivity index (χ0) is 25.2. The van der Waals surface area contributed by atoms with Crippen LogP contribution < -0.4 is 0 Å². The summed E-state index contributed by atoms with van der Waals surface area (Å²) in [6.45, 7) is 12.4. The molecule has 0 saturated heterocycles. The summed E-state index contributed by atoms with van der Waals surface area (Å²) < 4.78 is 44.9. The van der Waals surface area contributed by atoms with Gasteiger partial charge in [0, 0.05) is 13.0 Å². The number of rotatable bonds is 27. The maximum Gasteiger partial charge on any atom is 0.132 e. The summed E-state index contributed by atoms with van der Waals surface area (Å²) in [6.07, 6.45) is 2.28. The summed E-state index contributed by atoms with van der Waals surface area (Å²) in [7, 11) is 0. The lowest BCUT2D eigenvalue weighted by molar-refractivity contribution is -0.118. The van der Waals surface area contributed by atoms with Crippen molar-refractivity contribution in [1.29, 1.82) is 0 Å². The average molecular weight is 506 g/mol. The number of carbonyl (C=O) groups is 1. The van der Waals surface area contributed by atoms with Crippen LogP contribution in [-0.4, -0.2) is 120 Å². The van der Waals surface area contributed by atoms with E-state index in [0.717, 1.165) is 5.69 Å². The molecule has 1 aromatic rings. The van der Waals surface area contributed by atoms with Crippen LogP contribution in [0.15, 0.2) is 6.20 Å². The predicted molar refractivity (Wildman–Crippen MR) is 126 cm³/mol. The topological polar surface area (TPSA) is 122 Å². The van der Waals surface area contributed by atoms with Crippen molar-refractivity contribution in [2.24, 2.45) is 0 Å². The molecule has 35 heavy (non-hydrogen) atoms. The van der Waals surface area contributed by atoms with Crippen LogP contribution in [0.2, 0.25) is 0 Å². The van der Waals surface area contributed by atoms with Gasteiger partial charge in [0.25, 0.3) is 0 Å². The van der Waals surface area contributed by atoms with E-state index in [2.05, 4.69) is 10.3 Å². The van der Waals surface area contributed by atoms with E-state index in [1.165, 1.54) is 0 Å². The molecule has 0 aliphatic carbocycles. The van der Waals surface area contributed by atoms with Gasteiger partial charge in [0.05, 0.1) is 112 Å². The first kappa shape index (κ1) is 31.5. The fourth-order valence-corrected chi connectivity index (χ4v) is 2.53. The first-order valence-corrected chi connectivity index (χ1v) is 12.2. The highest BCUT2D eigenvalue weighted by atomic mass is 16.6. The first-order chi connectivity index (χ1) is 17.2. The van der Waals surface area contributed by atoms with Crippen LogP contribution in [0.4, 0.5) is 0 Å². The minimum Gasteiger partial charge on any atom is -0.379 e. The molecule has 0 atom stereocenters. The Morgan fingerprint density at radius 2 is 1.14 bits per heavy atom. The van der Waals surface area contributed by atoms with E-state index in [1.807, 2.05) is 13.1 Å². The van der Waals surface area contributed by atoms with Gasteiger partial charge in [0.1, 0.15) is 11.5 Å². The second kappa shape index (κ2) is 24.2. The number of hydrogen-bond acceptors (Lipinski definition) is 11. The SMILES string of the molecule is CCOCCOCCOCCOCc1cn(CCOCCOCCOCCOCCC(C)=O)nn1. The van der Waals surface area contributed by atoms with Crippen molar-refractivity contribution in [1.82, 2.24) is 15.0 Å². The highest BCUT2D eigenvalue weighted by Crippen LogP contribution is 1.97. The maximum atomic E-state index is 10.8. The van der Waals surface area contributed by atoms with Gasteiger partial charge in [-0.15, -0.1) is 5.10 Å². The number of hydrogen-bond donors (Lipinski definition) is 0. The van der Waals surface area contributed by atoms with Crippen LogP contribution in [-0.2, 0) is 55.8 Å². The molecule has 0 aliphatic rings. The highest BCUT2D eigenvalue weighted by molar-refractivity contribution is 5.75. The van der Waals surface area contributed by atoms with Gasteiger partial charge in [-0.05, 0) is 13.8 Å². The minimum absolute atomic E-state index is 0.127. The summed E-state index contributed by atoms with van der Waals surface area (Å²) in [6, 6.07) is 0. The zero-order valence-electron chi connectivity index (χ0n) is 21.3. The number of carbonyl (C=O) groups excluding carboxylic acids is 1. The van der Waals surface area contributed by atoms with E-state index in [1.54, 1.807) is 11.6 Å². The zero-order valence-corrected chi connectivity index (χ0v) is 21.3. The van der Waals surface area contributed by atoms with Gasteiger partial charge < -0.3 is 37.9 Å². The molecule has 0 radical (unpaired) electrons. The Kier molecular flexibility index (Phi) is 21.8. The smallest absolute Gasteiger partial charge is 0.132 e. The maximum absolute atomic E-state index is 10.8. The second-order valence-corrected chi connectivity index (χ2v) is 7.35. The van der Waals surface area contributed by atoms with Gasteiger partial charge in [-0.1, -0.05) is 5.21 Å². The van der Waals surface area contributed by atoms with Crippen LogP contribution in [0.1, 0.15) is 26.0 Å². The summed E-state index contributed by atoms with van der Waals surface area (Å²) in [5, 5.41) is 8.15. The van der Waals surface area contributed by atoms with Gasteiger partial charge in [-0.3, -0.25) is 4.79 Å². The average Bonchev–Trinajstić information content (AvgIpc) is 3.30. The van der Waals surface area contributed by atoms with Crippen molar-refractivity contribution in [3.63, 3.8) is 0 Å². The Labute approximate surface area is 208 Å². The fourth-order valence-electron chi connectivity index (χ4n) is 2.53. The molecule has 0 fully saturated rings. The Hall–Kier alpha value is -1.51. The molecule has 1 aromatic heterocycles. The quantitative estimate of drug-likeness (QED) is 0.159. The predicted octanol–water partition coefficient (Wildman–Crippen LogP) is 0.910. The number of ether oxygens (including phenoxy) is 8. The van der Waals surface area contributed by atoms with Crippen molar-refractivity contribution in [3.05, 3.63) is 11.9 Å². The third kappa shape index (κ3) is 21.5. The van der Waals surface area contributed by atoms with Crippen LogP contribution in [0.3, 0.4) is 0 Å². The fraction of sp³-hybridized carbons (Fsp3) is 0.870. The Morgan fingerprint density at radius 1 is 0.686 bits per heavy atom. The van der Waals surface area contributed by atoms with Gasteiger partial charge in [-0.2, -0.15) is 0 Å². The van der Waals surface area contributed by atoms with Crippen molar-refractivity contribution in [3.8, 4) is 0 Å². The molecular weight excluding hydrogens is 462 g/mol. The summed E-state index contributed by atoms with van der Waals surface area (Å²) in [5.74, 6) is 0.127. The monoisotopic (exact) mass is 505 g/mol. The van der Waals surface area contributed by atoms with E-state index in [0.29, 0.717) is 119 Å². The van der Waals surface area contributed by atoms with Gasteiger partial charge >= 0.3 is 0 Å². The van der Waals surface area contributed by atoms with Crippen molar-refractivity contribution in [2.45, 2.75) is 33.4 Å². The van der Waals surface area contributed by atoms with Gasteiger partial charge in [0.2, 0.25) is 0 Å². The largest absolute Gasteiger partial charge is 0.379 e. The lowest BCUT2D eigenvalue weighted by Crippen LogP contribution is -2.14. The molecule has 0 unspecified atom stereocenters. The molecule has 0 aromatic carbocycles. The Balaban J connectivity index is 1.83. The van der Waals surface area contributed by atoms with Crippen LogP contribution in [0.5, 0.6) is 0 Å². The van der Waals surface area contributed by atoms with Crippen LogP contribution >= 0.6 is 0 Å². The summed E-state index contributed by atoms with van der Waals surface area (Å²) in [5.41, 5.74) is 0.761. The summed E-state index contributed by atoms with van der Waals surface area (Å²) >= 11 is 0. The number of nitrogens with zero attached hydrogens (tertiary/aromatic N) is 3. The molecule has 0 spiro atoms. The number of aromatic nitrogens is 3. The second-order valence-electron chi connectivity index (χ2n) is 7.35. The normalized spacial score (nSPS) is 11.4. The first-order valence-electron chi connectivity index (χ1n) is 12.2. The number of ketones is 1. The molecule has 1 heterocycles. The molecule has 0 bridgehead atoms. The van der Waals surface area contributed by atoms with Crippen molar-refractivity contribution >= 4 is 5.78 Å². The van der Waals surface area contributed by atoms with Crippen LogP contribution in [0.25, 0.3) is 0 Å². The Bertz CT molecular complexity index is 605. The Morgan fingerprint density at radius 3 is 1.66 bits per heavy atom. The van der Waals surface area contributed by atoms with E-state index in [4.69, 9.17) is 37.9 Å². The van der Waals surface area contributed by atoms with Crippen molar-refractivity contribution < 1.29 is 42.7 Å². The third-order valence-electron chi connectivity index (χ3n) is 4.34. The molecular formula is C23H43N3O9. The summed E-state index contributed by atoms with van der Waals surface area (Å²) in [4.78, 5) is 10.8. The minimum atomic E-state index is 0.127. The van der Waals surface area contributed by atoms with Gasteiger partial charge in [-0.25, -0.2) is 4.68 Å². The van der Waals surface area contributed by atoms with E-state index in [-0.39, 0.29) is 5.78 Å². The lowest BCUT2D eigenvalue weighted by Gasteiger charge is -2.07. The molecule has 204 valence electrons.